The highest BCUT2D eigenvalue weighted by Gasteiger charge is 2.29. The van der Waals surface area contributed by atoms with Crippen molar-refractivity contribution in [2.24, 2.45) is 0 Å². The zero-order chi connectivity index (χ0) is 20.3. The zero-order valence-electron chi connectivity index (χ0n) is 16.8. The first-order valence-corrected chi connectivity index (χ1v) is 10.6. The van der Waals surface area contributed by atoms with Crippen LogP contribution in [0.3, 0.4) is 0 Å². The van der Waals surface area contributed by atoms with Gasteiger partial charge in [0.2, 0.25) is 0 Å². The van der Waals surface area contributed by atoms with Crippen molar-refractivity contribution in [3.05, 3.63) is 90.5 Å². The third-order valence-electron chi connectivity index (χ3n) is 5.94. The Balaban J connectivity index is 1.40. The van der Waals surface area contributed by atoms with Gasteiger partial charge in [0, 0.05) is 30.1 Å². The van der Waals surface area contributed by atoms with Crippen LogP contribution in [0.5, 0.6) is 0 Å². The summed E-state index contributed by atoms with van der Waals surface area (Å²) in [5, 5.41) is 2.11. The molecule has 30 heavy (non-hydrogen) atoms. The summed E-state index contributed by atoms with van der Waals surface area (Å²) in [6.07, 6.45) is 5.48. The second kappa shape index (κ2) is 8.15. The fraction of sp³-hybridized carbons (Fsp3) is 0.231. The van der Waals surface area contributed by atoms with Gasteiger partial charge in [0.25, 0.3) is 5.91 Å². The van der Waals surface area contributed by atoms with Gasteiger partial charge in [0.05, 0.1) is 0 Å². The molecule has 0 aliphatic carbocycles. The predicted molar refractivity (Wildman–Crippen MR) is 118 cm³/mol. The van der Waals surface area contributed by atoms with Crippen molar-refractivity contribution in [1.82, 2.24) is 9.88 Å². The highest BCUT2D eigenvalue weighted by molar-refractivity contribution is 6.07. The molecule has 0 bridgehead atoms. The number of benzene rings is 3. The largest absolute Gasteiger partial charge is 0.448 e. The molecule has 0 N–H and O–H groups in total. The highest BCUT2D eigenvalue weighted by atomic mass is 16.3. The maximum Gasteiger partial charge on any atom is 0.254 e. The highest BCUT2D eigenvalue weighted by Crippen LogP contribution is 2.27. The van der Waals surface area contributed by atoms with E-state index in [1.165, 1.54) is 0 Å². The van der Waals surface area contributed by atoms with Gasteiger partial charge in [-0.05, 0) is 36.1 Å². The minimum absolute atomic E-state index is 0.103. The Morgan fingerprint density at radius 1 is 0.967 bits per heavy atom. The molecule has 150 valence electrons. The van der Waals surface area contributed by atoms with Gasteiger partial charge in [-0.3, -0.25) is 4.79 Å². The normalized spacial score (nSPS) is 16.7. The Morgan fingerprint density at radius 2 is 1.77 bits per heavy atom. The van der Waals surface area contributed by atoms with Gasteiger partial charge in [-0.2, -0.15) is 0 Å². The Labute approximate surface area is 176 Å². The number of oxazole rings is 1. The number of fused-ring (bicyclic) bond motifs is 1. The van der Waals surface area contributed by atoms with Gasteiger partial charge < -0.3 is 9.32 Å². The molecule has 2 heterocycles. The van der Waals surface area contributed by atoms with Crippen molar-refractivity contribution in [2.75, 3.05) is 6.54 Å². The molecule has 1 amide bonds. The molecule has 1 atom stereocenters. The number of likely N-dealkylation sites (tertiary alicyclic amines) is 1. The van der Waals surface area contributed by atoms with Crippen LogP contribution in [0, 0.1) is 0 Å². The van der Waals surface area contributed by atoms with Gasteiger partial charge in [-0.25, -0.2) is 4.98 Å². The number of piperidine rings is 1. The first kappa shape index (κ1) is 18.6. The zero-order valence-corrected chi connectivity index (χ0v) is 16.8. The molecule has 1 unspecified atom stereocenters. The Morgan fingerprint density at radius 3 is 2.67 bits per heavy atom. The van der Waals surface area contributed by atoms with E-state index >= 15 is 0 Å². The maximum atomic E-state index is 13.5. The molecular weight excluding hydrogens is 372 g/mol. The third-order valence-corrected chi connectivity index (χ3v) is 5.94. The number of nitrogens with zero attached hydrogens (tertiary/aromatic N) is 2. The molecule has 3 aromatic carbocycles. The van der Waals surface area contributed by atoms with E-state index in [1.54, 1.807) is 6.26 Å². The van der Waals surface area contributed by atoms with Crippen molar-refractivity contribution in [1.29, 1.82) is 0 Å². The molecule has 4 nitrogen and oxygen atoms in total. The molecule has 4 heteroatoms. The van der Waals surface area contributed by atoms with Crippen molar-refractivity contribution in [3.63, 3.8) is 0 Å². The topological polar surface area (TPSA) is 46.3 Å². The van der Waals surface area contributed by atoms with E-state index in [2.05, 4.69) is 17.1 Å². The Kier molecular flexibility index (Phi) is 5.06. The van der Waals surface area contributed by atoms with Crippen LogP contribution in [0.25, 0.3) is 22.0 Å². The lowest BCUT2D eigenvalue weighted by molar-refractivity contribution is 0.0607. The third kappa shape index (κ3) is 3.61. The van der Waals surface area contributed by atoms with Crippen LogP contribution in [0.1, 0.15) is 35.5 Å². The lowest BCUT2D eigenvalue weighted by atomic mass is 9.96. The summed E-state index contributed by atoms with van der Waals surface area (Å²) >= 11 is 0. The number of rotatable bonds is 4. The first-order chi connectivity index (χ1) is 14.8. The summed E-state index contributed by atoms with van der Waals surface area (Å²) in [5.74, 6) is 0.794. The standard InChI is InChI=1S/C26H24N2O2/c29-26(23-15-8-12-19-9-4-5-14-22(19)23)28-16-7-6-13-21(28)17-25-27-24(18-30-25)20-10-2-1-3-11-20/h1-5,8-12,14-15,18,21H,6-7,13,16-17H2. The number of hydrogen-bond donors (Lipinski definition) is 0. The summed E-state index contributed by atoms with van der Waals surface area (Å²) in [5.41, 5.74) is 2.66. The van der Waals surface area contributed by atoms with Crippen molar-refractivity contribution in [2.45, 2.75) is 31.7 Å². The minimum atomic E-state index is 0.103. The second-order valence-electron chi connectivity index (χ2n) is 7.87. The van der Waals surface area contributed by atoms with Crippen molar-refractivity contribution >= 4 is 16.7 Å². The van der Waals surface area contributed by atoms with Crippen LogP contribution in [0.2, 0.25) is 0 Å². The van der Waals surface area contributed by atoms with E-state index < -0.39 is 0 Å². The van der Waals surface area contributed by atoms with Gasteiger partial charge in [0.1, 0.15) is 12.0 Å². The minimum Gasteiger partial charge on any atom is -0.448 e. The van der Waals surface area contributed by atoms with Crippen LogP contribution >= 0.6 is 0 Å². The molecule has 0 radical (unpaired) electrons. The van der Waals surface area contributed by atoms with E-state index in [1.807, 2.05) is 65.6 Å². The molecule has 1 aromatic heterocycles. The molecule has 0 saturated carbocycles. The molecule has 5 rings (SSSR count). The number of carbonyl (C=O) groups excluding carboxylic acids is 1. The summed E-state index contributed by atoms with van der Waals surface area (Å²) in [6, 6.07) is 24.2. The fourth-order valence-electron chi connectivity index (χ4n) is 4.39. The van der Waals surface area contributed by atoms with E-state index in [-0.39, 0.29) is 11.9 Å². The van der Waals surface area contributed by atoms with E-state index in [0.29, 0.717) is 12.3 Å². The van der Waals surface area contributed by atoms with Crippen LogP contribution in [-0.4, -0.2) is 28.4 Å². The molecular formula is C26H24N2O2. The lowest BCUT2D eigenvalue weighted by Crippen LogP contribution is -2.45. The first-order valence-electron chi connectivity index (χ1n) is 10.6. The van der Waals surface area contributed by atoms with Crippen LogP contribution in [0.15, 0.2) is 83.5 Å². The average molecular weight is 396 g/mol. The van der Waals surface area contributed by atoms with Crippen LogP contribution in [0.4, 0.5) is 0 Å². The van der Waals surface area contributed by atoms with Gasteiger partial charge in [-0.15, -0.1) is 0 Å². The Bertz CT molecular complexity index is 1160. The van der Waals surface area contributed by atoms with Crippen LogP contribution in [-0.2, 0) is 6.42 Å². The number of aromatic nitrogens is 1. The van der Waals surface area contributed by atoms with E-state index in [9.17, 15) is 4.79 Å². The maximum absolute atomic E-state index is 13.5. The molecule has 1 fully saturated rings. The summed E-state index contributed by atoms with van der Waals surface area (Å²) in [6.45, 7) is 0.777. The smallest absolute Gasteiger partial charge is 0.254 e. The molecule has 1 saturated heterocycles. The van der Waals surface area contributed by atoms with Gasteiger partial charge in [0.15, 0.2) is 5.89 Å². The predicted octanol–water partition coefficient (Wildman–Crippen LogP) is 5.73. The van der Waals surface area contributed by atoms with E-state index in [0.717, 1.165) is 53.4 Å². The quantitative estimate of drug-likeness (QED) is 0.442. The van der Waals surface area contributed by atoms with Crippen molar-refractivity contribution < 1.29 is 9.21 Å². The van der Waals surface area contributed by atoms with Crippen molar-refractivity contribution in [3.8, 4) is 11.3 Å². The number of hydrogen-bond acceptors (Lipinski definition) is 3. The average Bonchev–Trinajstić information content (AvgIpc) is 3.28. The second-order valence-corrected chi connectivity index (χ2v) is 7.87. The Hall–Kier alpha value is -3.40. The van der Waals surface area contributed by atoms with E-state index in [4.69, 9.17) is 4.42 Å². The fourth-order valence-corrected chi connectivity index (χ4v) is 4.39. The van der Waals surface area contributed by atoms with Crippen LogP contribution < -0.4 is 0 Å². The summed E-state index contributed by atoms with van der Waals surface area (Å²) in [4.78, 5) is 20.2. The molecule has 4 aromatic rings. The summed E-state index contributed by atoms with van der Waals surface area (Å²) in [7, 11) is 0. The summed E-state index contributed by atoms with van der Waals surface area (Å²) < 4.78 is 5.78. The van der Waals surface area contributed by atoms with Gasteiger partial charge in [-0.1, -0.05) is 66.7 Å². The van der Waals surface area contributed by atoms with Gasteiger partial charge >= 0.3 is 0 Å². The molecule has 0 spiro atoms. The molecule has 1 aliphatic rings. The number of carbonyl (C=O) groups is 1. The lowest BCUT2D eigenvalue weighted by Gasteiger charge is -2.35. The molecule has 1 aliphatic heterocycles. The number of amides is 1. The monoisotopic (exact) mass is 396 g/mol. The SMILES string of the molecule is O=C(c1cccc2ccccc12)N1CCCCC1Cc1nc(-c2ccccc2)co1.